The Labute approximate surface area is 118 Å². The highest BCUT2D eigenvalue weighted by molar-refractivity contribution is 5.99. The van der Waals surface area contributed by atoms with Gasteiger partial charge in [0.05, 0.1) is 10.5 Å². The van der Waals surface area contributed by atoms with Gasteiger partial charge in [-0.05, 0) is 33.0 Å². The van der Waals surface area contributed by atoms with Gasteiger partial charge in [-0.3, -0.25) is 14.9 Å². The summed E-state index contributed by atoms with van der Waals surface area (Å²) in [4.78, 5) is 26.5. The van der Waals surface area contributed by atoms with Gasteiger partial charge in [0.25, 0.3) is 5.69 Å². The van der Waals surface area contributed by atoms with E-state index in [2.05, 4.69) is 23.8 Å². The molecule has 1 saturated heterocycles. The van der Waals surface area contributed by atoms with Crippen LogP contribution in [0, 0.1) is 10.1 Å². The van der Waals surface area contributed by atoms with Crippen LogP contribution in [-0.2, 0) is 0 Å². The molecule has 0 bridgehead atoms. The molecular weight excluding hydrogens is 258 g/mol. The lowest BCUT2D eigenvalue weighted by Gasteiger charge is -2.39. The summed E-state index contributed by atoms with van der Waals surface area (Å²) in [6, 6.07) is 5.11. The van der Waals surface area contributed by atoms with Crippen LogP contribution < -0.4 is 4.90 Å². The third kappa shape index (κ3) is 2.80. The number of rotatable bonds is 3. The molecule has 1 aromatic carbocycles. The first kappa shape index (κ1) is 14.5. The Morgan fingerprint density at radius 2 is 2.10 bits per heavy atom. The fourth-order valence-electron chi connectivity index (χ4n) is 2.67. The quantitative estimate of drug-likeness (QED) is 0.480. The lowest BCUT2D eigenvalue weighted by atomic mass is 10.1. The van der Waals surface area contributed by atoms with Gasteiger partial charge >= 0.3 is 0 Å². The van der Waals surface area contributed by atoms with E-state index in [1.165, 1.54) is 13.0 Å². The molecule has 0 N–H and O–H groups in total. The number of likely N-dealkylation sites (N-methyl/N-ethyl adjacent to an activating group) is 1. The van der Waals surface area contributed by atoms with E-state index in [-0.39, 0.29) is 17.0 Å². The van der Waals surface area contributed by atoms with Crippen molar-refractivity contribution in [3.05, 3.63) is 33.9 Å². The van der Waals surface area contributed by atoms with Crippen LogP contribution in [0.2, 0.25) is 0 Å². The summed E-state index contributed by atoms with van der Waals surface area (Å²) in [5.74, 6) is -0.277. The summed E-state index contributed by atoms with van der Waals surface area (Å²) in [6.45, 7) is 6.21. The minimum Gasteiger partial charge on any atom is -0.366 e. The SMILES string of the molecule is CC(=O)c1cc(N2CCN(C)CC2C)ccc1[N+](=O)[O-]. The Bertz CT molecular complexity index is 544. The van der Waals surface area contributed by atoms with Gasteiger partial charge in [0.2, 0.25) is 0 Å². The number of nitro benzene ring substituents is 1. The molecule has 0 aliphatic carbocycles. The number of Topliss-reactive ketones (excluding diaryl/α,β-unsaturated/α-hetero) is 1. The predicted octanol–water partition coefficient (Wildman–Crippen LogP) is 1.94. The third-order valence-corrected chi connectivity index (χ3v) is 3.72. The Hall–Kier alpha value is -1.95. The van der Waals surface area contributed by atoms with Crippen molar-refractivity contribution in [2.75, 3.05) is 31.6 Å². The molecule has 0 aromatic heterocycles. The normalized spacial score (nSPS) is 19.9. The van der Waals surface area contributed by atoms with Crippen LogP contribution in [0.15, 0.2) is 18.2 Å². The van der Waals surface area contributed by atoms with Crippen molar-refractivity contribution in [3.8, 4) is 0 Å². The van der Waals surface area contributed by atoms with E-state index in [4.69, 9.17) is 0 Å². The van der Waals surface area contributed by atoms with Crippen molar-refractivity contribution in [1.82, 2.24) is 4.90 Å². The summed E-state index contributed by atoms with van der Waals surface area (Å²) in [6.07, 6.45) is 0. The Morgan fingerprint density at radius 3 is 2.65 bits per heavy atom. The average molecular weight is 277 g/mol. The first-order valence-electron chi connectivity index (χ1n) is 6.64. The number of nitrogens with zero attached hydrogens (tertiary/aromatic N) is 3. The van der Waals surface area contributed by atoms with Gasteiger partial charge in [-0.25, -0.2) is 0 Å². The van der Waals surface area contributed by atoms with E-state index < -0.39 is 4.92 Å². The van der Waals surface area contributed by atoms with Crippen LogP contribution in [0.1, 0.15) is 24.2 Å². The molecule has 1 unspecified atom stereocenters. The van der Waals surface area contributed by atoms with Crippen LogP contribution >= 0.6 is 0 Å². The fraction of sp³-hybridized carbons (Fsp3) is 0.500. The first-order chi connectivity index (χ1) is 9.40. The van der Waals surface area contributed by atoms with E-state index in [1.54, 1.807) is 12.1 Å². The molecule has 1 aliphatic heterocycles. The molecule has 6 nitrogen and oxygen atoms in total. The summed E-state index contributed by atoms with van der Waals surface area (Å²) in [7, 11) is 2.07. The minimum atomic E-state index is -0.506. The molecule has 0 radical (unpaired) electrons. The average Bonchev–Trinajstić information content (AvgIpc) is 2.37. The second kappa shape index (κ2) is 5.58. The number of carbonyl (C=O) groups excluding carboxylic acids is 1. The van der Waals surface area contributed by atoms with E-state index in [1.807, 2.05) is 0 Å². The first-order valence-corrected chi connectivity index (χ1v) is 6.64. The Kier molecular flexibility index (Phi) is 4.04. The molecule has 1 aromatic rings. The van der Waals surface area contributed by atoms with Crippen molar-refractivity contribution in [3.63, 3.8) is 0 Å². The predicted molar refractivity (Wildman–Crippen MR) is 77.4 cm³/mol. The highest BCUT2D eigenvalue weighted by atomic mass is 16.6. The van der Waals surface area contributed by atoms with Gasteiger partial charge in [-0.2, -0.15) is 0 Å². The zero-order valence-corrected chi connectivity index (χ0v) is 12.0. The highest BCUT2D eigenvalue weighted by Gasteiger charge is 2.24. The molecule has 20 heavy (non-hydrogen) atoms. The summed E-state index contributed by atoms with van der Waals surface area (Å²) in [5.41, 5.74) is 0.933. The molecule has 1 heterocycles. The molecule has 108 valence electrons. The lowest BCUT2D eigenvalue weighted by molar-refractivity contribution is -0.385. The van der Waals surface area contributed by atoms with Gasteiger partial charge in [0.15, 0.2) is 5.78 Å². The fourth-order valence-corrected chi connectivity index (χ4v) is 2.67. The summed E-state index contributed by atoms with van der Waals surface area (Å²) in [5, 5.41) is 11.0. The van der Waals surface area contributed by atoms with Crippen molar-refractivity contribution in [2.24, 2.45) is 0 Å². The van der Waals surface area contributed by atoms with Crippen LogP contribution in [0.25, 0.3) is 0 Å². The van der Waals surface area contributed by atoms with Crippen molar-refractivity contribution < 1.29 is 9.72 Å². The number of anilines is 1. The summed E-state index contributed by atoms with van der Waals surface area (Å²) >= 11 is 0. The van der Waals surface area contributed by atoms with Crippen molar-refractivity contribution in [2.45, 2.75) is 19.9 Å². The third-order valence-electron chi connectivity index (χ3n) is 3.72. The maximum atomic E-state index is 11.6. The Morgan fingerprint density at radius 1 is 1.40 bits per heavy atom. The zero-order valence-electron chi connectivity index (χ0n) is 12.0. The number of hydrogen-bond acceptors (Lipinski definition) is 5. The van der Waals surface area contributed by atoms with E-state index >= 15 is 0 Å². The molecule has 6 heteroatoms. The molecule has 2 rings (SSSR count). The number of nitro groups is 1. The topological polar surface area (TPSA) is 66.7 Å². The largest absolute Gasteiger partial charge is 0.366 e. The maximum Gasteiger partial charge on any atom is 0.280 e. The monoisotopic (exact) mass is 277 g/mol. The van der Waals surface area contributed by atoms with Gasteiger partial charge in [0.1, 0.15) is 0 Å². The second-order valence-corrected chi connectivity index (χ2v) is 5.32. The highest BCUT2D eigenvalue weighted by Crippen LogP contribution is 2.27. The van der Waals surface area contributed by atoms with Crippen LogP contribution in [0.4, 0.5) is 11.4 Å². The van der Waals surface area contributed by atoms with E-state index in [9.17, 15) is 14.9 Å². The van der Waals surface area contributed by atoms with Gasteiger partial charge < -0.3 is 9.80 Å². The number of ketones is 1. The smallest absolute Gasteiger partial charge is 0.280 e. The summed E-state index contributed by atoms with van der Waals surface area (Å²) < 4.78 is 0. The molecule has 1 atom stereocenters. The Balaban J connectivity index is 2.36. The lowest BCUT2D eigenvalue weighted by Crippen LogP contribution is -2.50. The molecule has 1 aliphatic rings. The molecule has 1 fully saturated rings. The van der Waals surface area contributed by atoms with E-state index in [0.717, 1.165) is 25.3 Å². The molecule has 0 saturated carbocycles. The number of carbonyl (C=O) groups is 1. The second-order valence-electron chi connectivity index (χ2n) is 5.32. The van der Waals surface area contributed by atoms with E-state index in [0.29, 0.717) is 6.04 Å². The van der Waals surface area contributed by atoms with Gasteiger partial charge in [-0.1, -0.05) is 0 Å². The van der Waals surface area contributed by atoms with Crippen molar-refractivity contribution in [1.29, 1.82) is 0 Å². The van der Waals surface area contributed by atoms with Gasteiger partial charge in [0, 0.05) is 37.4 Å². The van der Waals surface area contributed by atoms with Gasteiger partial charge in [-0.15, -0.1) is 0 Å². The molecular formula is C14H19N3O3. The number of hydrogen-bond donors (Lipinski definition) is 0. The number of piperazine rings is 1. The van der Waals surface area contributed by atoms with Crippen molar-refractivity contribution >= 4 is 17.2 Å². The van der Waals surface area contributed by atoms with Crippen LogP contribution in [0.3, 0.4) is 0 Å². The van der Waals surface area contributed by atoms with Crippen LogP contribution in [-0.4, -0.2) is 48.3 Å². The minimum absolute atomic E-state index is 0.122. The number of benzene rings is 1. The maximum absolute atomic E-state index is 11.6. The van der Waals surface area contributed by atoms with Crippen LogP contribution in [0.5, 0.6) is 0 Å². The standard InChI is InChI=1S/C14H19N3O3/c1-10-9-15(3)6-7-16(10)12-4-5-14(17(19)20)13(8-12)11(2)18/h4-5,8,10H,6-7,9H2,1-3H3. The zero-order chi connectivity index (χ0) is 14.9. The molecule has 0 amide bonds. The molecule has 0 spiro atoms.